The number of aryl methyl sites for hydroxylation is 1. The van der Waals surface area contributed by atoms with E-state index < -0.39 is 0 Å². The first-order chi connectivity index (χ1) is 15.3. The van der Waals surface area contributed by atoms with Gasteiger partial charge in [-0.25, -0.2) is 0 Å². The van der Waals surface area contributed by atoms with Crippen LogP contribution in [0.25, 0.3) is 0 Å². The van der Waals surface area contributed by atoms with Crippen LogP contribution in [0.1, 0.15) is 61.0 Å². The molecule has 2 aromatic rings. The summed E-state index contributed by atoms with van der Waals surface area (Å²) in [4.78, 5) is 13.2. The Morgan fingerprint density at radius 1 is 1.12 bits per heavy atom. The second-order valence-corrected chi connectivity index (χ2v) is 9.67. The first-order valence-corrected chi connectivity index (χ1v) is 11.9. The van der Waals surface area contributed by atoms with Gasteiger partial charge in [0, 0.05) is 17.7 Å². The van der Waals surface area contributed by atoms with Gasteiger partial charge in [-0.05, 0) is 68.7 Å². The molecule has 4 rings (SSSR count). The van der Waals surface area contributed by atoms with Crippen LogP contribution in [0, 0.1) is 38.5 Å². The predicted molar refractivity (Wildman–Crippen MR) is 125 cm³/mol. The number of carbonyl (C=O) groups is 1. The van der Waals surface area contributed by atoms with Crippen molar-refractivity contribution in [3.63, 3.8) is 0 Å². The van der Waals surface area contributed by atoms with Gasteiger partial charge in [0.25, 0.3) is 0 Å². The Bertz CT molecular complexity index is 983. The van der Waals surface area contributed by atoms with E-state index in [2.05, 4.69) is 36.4 Å². The number of nitrogens with zero attached hydrogens (tertiary/aromatic N) is 2. The van der Waals surface area contributed by atoms with Crippen LogP contribution in [0.15, 0.2) is 18.2 Å². The maximum atomic E-state index is 13.2. The van der Waals surface area contributed by atoms with Crippen LogP contribution >= 0.6 is 0 Å². The minimum absolute atomic E-state index is 0.120. The number of hydrogen-bond acceptors (Lipinski definition) is 4. The number of ether oxygens (including phenoxy) is 2. The molecule has 1 aromatic heterocycles. The quantitative estimate of drug-likeness (QED) is 0.687. The van der Waals surface area contributed by atoms with Crippen molar-refractivity contribution in [1.82, 2.24) is 15.1 Å². The molecule has 3 unspecified atom stereocenters. The molecule has 2 fully saturated rings. The summed E-state index contributed by atoms with van der Waals surface area (Å²) in [5.74, 6) is 2.99. The number of hydrogen-bond donors (Lipinski definition) is 1. The standard InChI is InChI=1S/C26H37N3O3/c1-15(14-29-18(4)16(2)17(3)28-29)26(30)27-25-21-10-8-7-9-20(21)24(25)19-11-12-22(31-5)23(13-19)32-6/h11-13,15,20-21,24-25H,7-10,14H2,1-6H3,(H,27,30)/t15?,20?,21?,24-,25-/m0/s1. The molecule has 1 N–H and O–H groups in total. The van der Waals surface area contributed by atoms with Crippen molar-refractivity contribution in [3.05, 3.63) is 40.7 Å². The third kappa shape index (κ3) is 4.00. The summed E-state index contributed by atoms with van der Waals surface area (Å²) in [7, 11) is 3.33. The van der Waals surface area contributed by atoms with Crippen LogP contribution in [0.2, 0.25) is 0 Å². The lowest BCUT2D eigenvalue weighted by Gasteiger charge is -2.55. The molecule has 0 aliphatic heterocycles. The topological polar surface area (TPSA) is 65.4 Å². The molecular weight excluding hydrogens is 402 g/mol. The highest BCUT2D eigenvalue weighted by Crippen LogP contribution is 2.55. The minimum atomic E-state index is -0.138. The van der Waals surface area contributed by atoms with Gasteiger partial charge < -0.3 is 14.8 Å². The van der Waals surface area contributed by atoms with E-state index in [1.165, 1.54) is 36.8 Å². The summed E-state index contributed by atoms with van der Waals surface area (Å²) in [5.41, 5.74) is 4.61. The fourth-order valence-corrected chi connectivity index (χ4v) is 5.79. The third-order valence-corrected chi connectivity index (χ3v) is 7.92. The molecule has 1 aromatic carbocycles. The SMILES string of the molecule is COc1ccc([C@H]2C3CCCCC3[C@@H]2NC(=O)C(C)Cn2nc(C)c(C)c2C)cc1OC. The fraction of sp³-hybridized carbons (Fsp3) is 0.615. The average Bonchev–Trinajstić information content (AvgIpc) is 3.03. The van der Waals surface area contributed by atoms with Gasteiger partial charge in [0.1, 0.15) is 0 Å². The van der Waals surface area contributed by atoms with Crippen molar-refractivity contribution in [3.8, 4) is 11.5 Å². The molecule has 174 valence electrons. The Morgan fingerprint density at radius 2 is 1.81 bits per heavy atom. The predicted octanol–water partition coefficient (Wildman–Crippen LogP) is 4.55. The first-order valence-electron chi connectivity index (χ1n) is 11.9. The van der Waals surface area contributed by atoms with Crippen molar-refractivity contribution in [2.45, 2.75) is 71.9 Å². The van der Waals surface area contributed by atoms with Gasteiger partial charge in [-0.2, -0.15) is 5.10 Å². The first kappa shape index (κ1) is 22.7. The summed E-state index contributed by atoms with van der Waals surface area (Å²) in [6.45, 7) is 8.79. The largest absolute Gasteiger partial charge is 0.493 e. The number of aromatic nitrogens is 2. The molecule has 0 spiro atoms. The van der Waals surface area contributed by atoms with Gasteiger partial charge in [-0.3, -0.25) is 9.48 Å². The summed E-state index contributed by atoms with van der Waals surface area (Å²) >= 11 is 0. The van der Waals surface area contributed by atoms with E-state index in [1.807, 2.05) is 24.6 Å². The molecule has 2 saturated carbocycles. The number of nitrogens with one attached hydrogen (secondary N) is 1. The minimum Gasteiger partial charge on any atom is -0.493 e. The molecule has 6 nitrogen and oxygen atoms in total. The lowest BCUT2D eigenvalue weighted by molar-refractivity contribution is -0.128. The molecule has 1 heterocycles. The zero-order valence-corrected chi connectivity index (χ0v) is 20.3. The Kier molecular flexibility index (Phi) is 6.50. The number of rotatable bonds is 7. The van der Waals surface area contributed by atoms with E-state index in [0.717, 1.165) is 22.9 Å². The van der Waals surface area contributed by atoms with E-state index in [9.17, 15) is 4.79 Å². The van der Waals surface area contributed by atoms with Crippen LogP contribution in [0.4, 0.5) is 0 Å². The van der Waals surface area contributed by atoms with Crippen LogP contribution < -0.4 is 14.8 Å². The summed E-state index contributed by atoms with van der Waals surface area (Å²) in [6.07, 6.45) is 4.97. The number of carbonyl (C=O) groups excluding carboxylic acids is 1. The highest BCUT2D eigenvalue weighted by atomic mass is 16.5. The summed E-state index contributed by atoms with van der Waals surface area (Å²) in [5, 5.41) is 8.06. The maximum absolute atomic E-state index is 13.2. The molecule has 1 amide bonds. The Balaban J connectivity index is 1.51. The van der Waals surface area contributed by atoms with Crippen molar-refractivity contribution in [2.24, 2.45) is 17.8 Å². The lowest BCUT2D eigenvalue weighted by atomic mass is 9.53. The van der Waals surface area contributed by atoms with E-state index in [0.29, 0.717) is 24.3 Å². The Labute approximate surface area is 191 Å². The van der Waals surface area contributed by atoms with Gasteiger partial charge in [0.05, 0.1) is 32.4 Å². The second kappa shape index (κ2) is 9.16. The van der Waals surface area contributed by atoms with E-state index in [4.69, 9.17) is 9.47 Å². The van der Waals surface area contributed by atoms with Crippen LogP contribution in [-0.2, 0) is 11.3 Å². The molecule has 5 atom stereocenters. The molecule has 2 aliphatic carbocycles. The normalized spacial score (nSPS) is 25.4. The van der Waals surface area contributed by atoms with Crippen LogP contribution in [-0.4, -0.2) is 35.9 Å². The van der Waals surface area contributed by atoms with Crippen molar-refractivity contribution in [2.75, 3.05) is 14.2 Å². The zero-order chi connectivity index (χ0) is 23.0. The second-order valence-electron chi connectivity index (χ2n) is 9.67. The third-order valence-electron chi connectivity index (χ3n) is 7.92. The van der Waals surface area contributed by atoms with E-state index in [-0.39, 0.29) is 17.9 Å². The summed E-state index contributed by atoms with van der Waals surface area (Å²) in [6, 6.07) is 6.39. The fourth-order valence-electron chi connectivity index (χ4n) is 5.79. The Morgan fingerprint density at radius 3 is 2.44 bits per heavy atom. The van der Waals surface area contributed by atoms with Gasteiger partial charge in [0.15, 0.2) is 11.5 Å². The number of benzene rings is 1. The van der Waals surface area contributed by atoms with Crippen LogP contribution in [0.3, 0.4) is 0 Å². The molecule has 32 heavy (non-hydrogen) atoms. The number of fused-ring (bicyclic) bond motifs is 1. The van der Waals surface area contributed by atoms with Gasteiger partial charge >= 0.3 is 0 Å². The Hall–Kier alpha value is -2.50. The summed E-state index contributed by atoms with van der Waals surface area (Å²) < 4.78 is 13.0. The molecule has 2 aliphatic rings. The lowest BCUT2D eigenvalue weighted by Crippen LogP contribution is -2.60. The molecular formula is C26H37N3O3. The molecule has 0 saturated heterocycles. The van der Waals surface area contributed by atoms with Crippen molar-refractivity contribution >= 4 is 5.91 Å². The smallest absolute Gasteiger partial charge is 0.224 e. The molecule has 6 heteroatoms. The molecule has 0 radical (unpaired) electrons. The van der Waals surface area contributed by atoms with Crippen LogP contribution in [0.5, 0.6) is 11.5 Å². The highest BCUT2D eigenvalue weighted by molar-refractivity contribution is 5.79. The number of methoxy groups -OCH3 is 2. The number of amides is 1. The zero-order valence-electron chi connectivity index (χ0n) is 20.3. The van der Waals surface area contributed by atoms with E-state index in [1.54, 1.807) is 14.2 Å². The monoisotopic (exact) mass is 439 g/mol. The average molecular weight is 440 g/mol. The van der Waals surface area contributed by atoms with Gasteiger partial charge in [-0.15, -0.1) is 0 Å². The van der Waals surface area contributed by atoms with Crippen molar-refractivity contribution < 1.29 is 14.3 Å². The van der Waals surface area contributed by atoms with Gasteiger partial charge in [-0.1, -0.05) is 25.8 Å². The van der Waals surface area contributed by atoms with Gasteiger partial charge in [0.2, 0.25) is 5.91 Å². The van der Waals surface area contributed by atoms with E-state index >= 15 is 0 Å². The maximum Gasteiger partial charge on any atom is 0.224 e. The molecule has 0 bridgehead atoms. The highest BCUT2D eigenvalue weighted by Gasteiger charge is 2.52. The van der Waals surface area contributed by atoms with Crippen molar-refractivity contribution in [1.29, 1.82) is 0 Å².